The van der Waals surface area contributed by atoms with E-state index >= 15 is 0 Å². The van der Waals surface area contributed by atoms with E-state index in [2.05, 4.69) is 21.4 Å². The molecule has 25 heavy (non-hydrogen) atoms. The zero-order valence-corrected chi connectivity index (χ0v) is 15.3. The van der Waals surface area contributed by atoms with Crippen LogP contribution in [0.1, 0.15) is 22.3 Å². The Hall–Kier alpha value is -2.12. The molecule has 2 aromatic heterocycles. The Morgan fingerprint density at radius 2 is 2.28 bits per heavy atom. The third-order valence-corrected chi connectivity index (χ3v) is 6.01. The second-order valence-electron chi connectivity index (χ2n) is 5.90. The Balaban J connectivity index is 1.55. The molecule has 0 bridgehead atoms. The van der Waals surface area contributed by atoms with Gasteiger partial charge in [-0.05, 0) is 48.9 Å². The number of nitrogens with zero attached hydrogens (tertiary/aromatic N) is 2. The van der Waals surface area contributed by atoms with E-state index in [0.717, 1.165) is 28.1 Å². The number of fused-ring (bicyclic) bond motifs is 1. The van der Waals surface area contributed by atoms with Gasteiger partial charge in [-0.2, -0.15) is 11.8 Å². The van der Waals surface area contributed by atoms with Crippen LogP contribution in [0.15, 0.2) is 36.5 Å². The van der Waals surface area contributed by atoms with Crippen LogP contribution < -0.4 is 10.1 Å². The number of hydrogen-bond donors (Lipinski definition) is 1. The lowest BCUT2D eigenvalue weighted by molar-refractivity contribution is 0.101. The highest BCUT2D eigenvalue weighted by atomic mass is 32.2. The van der Waals surface area contributed by atoms with E-state index in [4.69, 9.17) is 4.74 Å². The lowest BCUT2D eigenvalue weighted by atomic mass is 10.2. The van der Waals surface area contributed by atoms with Gasteiger partial charge in [-0.25, -0.2) is 9.97 Å². The average Bonchev–Trinajstić information content (AvgIpc) is 3.24. The van der Waals surface area contributed by atoms with Crippen LogP contribution in [-0.2, 0) is 0 Å². The van der Waals surface area contributed by atoms with Crippen molar-refractivity contribution in [2.75, 3.05) is 16.8 Å². The van der Waals surface area contributed by atoms with Crippen LogP contribution in [-0.4, -0.2) is 33.5 Å². The number of benzene rings is 1. The van der Waals surface area contributed by atoms with E-state index in [1.165, 1.54) is 16.9 Å². The summed E-state index contributed by atoms with van der Waals surface area (Å²) in [6, 6.07) is 9.52. The number of rotatable bonds is 4. The van der Waals surface area contributed by atoms with Crippen molar-refractivity contribution in [2.24, 2.45) is 0 Å². The van der Waals surface area contributed by atoms with Crippen LogP contribution >= 0.6 is 23.1 Å². The maximum Gasteiger partial charge on any atom is 0.262 e. The first-order valence-corrected chi connectivity index (χ1v) is 10.0. The van der Waals surface area contributed by atoms with Crippen LogP contribution in [0.5, 0.6) is 5.88 Å². The van der Waals surface area contributed by atoms with Crippen LogP contribution in [0.3, 0.4) is 0 Å². The average molecular weight is 371 g/mol. The minimum absolute atomic E-state index is 0.122. The predicted octanol–water partition coefficient (Wildman–Crippen LogP) is 4.14. The number of carbonyl (C=O) groups excluding carboxylic acids is 1. The molecular formula is C18H17N3O2S2. The molecule has 3 heterocycles. The second kappa shape index (κ2) is 7.01. The number of carbonyl (C=O) groups is 1. The van der Waals surface area contributed by atoms with E-state index in [9.17, 15) is 4.79 Å². The van der Waals surface area contributed by atoms with Gasteiger partial charge in [-0.15, -0.1) is 0 Å². The van der Waals surface area contributed by atoms with Gasteiger partial charge in [-0.3, -0.25) is 10.1 Å². The summed E-state index contributed by atoms with van der Waals surface area (Å²) in [4.78, 5) is 21.4. The zero-order chi connectivity index (χ0) is 17.2. The molecule has 1 aliphatic rings. The molecule has 1 amide bonds. The monoisotopic (exact) mass is 371 g/mol. The molecular weight excluding hydrogens is 354 g/mol. The summed E-state index contributed by atoms with van der Waals surface area (Å²) in [7, 11) is 0. The molecule has 0 aliphatic carbocycles. The molecule has 0 radical (unpaired) electrons. The second-order valence-corrected chi connectivity index (χ2v) is 8.08. The predicted molar refractivity (Wildman–Crippen MR) is 103 cm³/mol. The van der Waals surface area contributed by atoms with Crippen LogP contribution in [0, 0.1) is 6.92 Å². The fourth-order valence-electron chi connectivity index (χ4n) is 2.67. The van der Waals surface area contributed by atoms with Crippen molar-refractivity contribution in [3.05, 3.63) is 47.7 Å². The molecule has 1 aromatic carbocycles. The van der Waals surface area contributed by atoms with Gasteiger partial charge in [0.25, 0.3) is 5.91 Å². The highest BCUT2D eigenvalue weighted by Crippen LogP contribution is 2.28. The Bertz CT molecular complexity index is 920. The summed E-state index contributed by atoms with van der Waals surface area (Å²) >= 11 is 3.33. The molecule has 1 fully saturated rings. The number of thiazole rings is 1. The molecule has 0 saturated carbocycles. The van der Waals surface area contributed by atoms with Gasteiger partial charge in [-0.1, -0.05) is 17.4 Å². The number of hydrogen-bond acceptors (Lipinski definition) is 6. The molecule has 4 rings (SSSR count). The van der Waals surface area contributed by atoms with Crippen molar-refractivity contribution in [1.82, 2.24) is 9.97 Å². The molecule has 1 atom stereocenters. The number of thioether (sulfide) groups is 1. The maximum absolute atomic E-state index is 12.7. The minimum atomic E-state index is -0.246. The van der Waals surface area contributed by atoms with Crippen molar-refractivity contribution in [2.45, 2.75) is 19.4 Å². The van der Waals surface area contributed by atoms with Crippen LogP contribution in [0.2, 0.25) is 0 Å². The van der Waals surface area contributed by atoms with E-state index in [1.807, 2.05) is 30.8 Å². The molecule has 3 aromatic rings. The van der Waals surface area contributed by atoms with E-state index < -0.39 is 0 Å². The fraction of sp³-hybridized carbons (Fsp3) is 0.278. The third-order valence-electron chi connectivity index (χ3n) is 3.95. The van der Waals surface area contributed by atoms with Gasteiger partial charge in [0.05, 0.1) is 10.2 Å². The minimum Gasteiger partial charge on any atom is -0.473 e. The van der Waals surface area contributed by atoms with Crippen molar-refractivity contribution < 1.29 is 9.53 Å². The van der Waals surface area contributed by atoms with Crippen molar-refractivity contribution in [3.63, 3.8) is 0 Å². The number of amides is 1. The highest BCUT2D eigenvalue weighted by Gasteiger charge is 2.22. The van der Waals surface area contributed by atoms with Gasteiger partial charge in [0.15, 0.2) is 5.13 Å². The Morgan fingerprint density at radius 1 is 1.36 bits per heavy atom. The molecule has 128 valence electrons. The van der Waals surface area contributed by atoms with E-state index in [0.29, 0.717) is 16.6 Å². The molecule has 5 nitrogen and oxygen atoms in total. The van der Waals surface area contributed by atoms with Gasteiger partial charge < -0.3 is 4.74 Å². The Kier molecular flexibility index (Phi) is 4.59. The largest absolute Gasteiger partial charge is 0.473 e. The zero-order valence-electron chi connectivity index (χ0n) is 13.7. The Morgan fingerprint density at radius 3 is 3.12 bits per heavy atom. The standard InChI is InChI=1S/C18H17N3O2S2/c1-11-4-5-14-15(9-11)25-18(20-14)21-16(22)13-3-2-7-19-17(13)23-12-6-8-24-10-12/h2-5,7,9,12H,6,8,10H2,1H3,(H,20,21,22). The molecule has 1 aliphatic heterocycles. The normalized spacial score (nSPS) is 16.9. The quantitative estimate of drug-likeness (QED) is 0.747. The first-order chi connectivity index (χ1) is 12.2. The van der Waals surface area contributed by atoms with Gasteiger partial charge in [0, 0.05) is 11.9 Å². The van der Waals surface area contributed by atoms with E-state index in [1.54, 1.807) is 18.3 Å². The third kappa shape index (κ3) is 3.62. The fourth-order valence-corrected chi connectivity index (χ4v) is 4.72. The first kappa shape index (κ1) is 16.4. The summed E-state index contributed by atoms with van der Waals surface area (Å²) < 4.78 is 6.99. The number of pyridine rings is 1. The van der Waals surface area contributed by atoms with Crippen LogP contribution in [0.25, 0.3) is 10.2 Å². The summed E-state index contributed by atoms with van der Waals surface area (Å²) in [5.74, 6) is 2.17. The first-order valence-electron chi connectivity index (χ1n) is 8.07. The van der Waals surface area contributed by atoms with Gasteiger partial charge in [0.2, 0.25) is 5.88 Å². The number of nitrogens with one attached hydrogen (secondary N) is 1. The van der Waals surface area contributed by atoms with Crippen LogP contribution in [0.4, 0.5) is 5.13 Å². The number of aryl methyl sites for hydroxylation is 1. The lowest BCUT2D eigenvalue weighted by Gasteiger charge is -2.14. The molecule has 1 N–H and O–H groups in total. The summed E-state index contributed by atoms with van der Waals surface area (Å²) in [5, 5.41) is 3.46. The lowest BCUT2D eigenvalue weighted by Crippen LogP contribution is -2.20. The summed E-state index contributed by atoms with van der Waals surface area (Å²) in [6.45, 7) is 2.04. The Labute approximate surface area is 153 Å². The smallest absolute Gasteiger partial charge is 0.262 e. The topological polar surface area (TPSA) is 64.1 Å². The summed E-state index contributed by atoms with van der Waals surface area (Å²) in [6.07, 6.45) is 2.76. The highest BCUT2D eigenvalue weighted by molar-refractivity contribution is 7.99. The molecule has 0 spiro atoms. The summed E-state index contributed by atoms with van der Waals surface area (Å²) in [5.41, 5.74) is 2.50. The molecule has 7 heteroatoms. The molecule has 1 saturated heterocycles. The number of anilines is 1. The maximum atomic E-state index is 12.7. The van der Waals surface area contributed by atoms with E-state index in [-0.39, 0.29) is 12.0 Å². The molecule has 1 unspecified atom stereocenters. The van der Waals surface area contributed by atoms with Gasteiger partial charge in [0.1, 0.15) is 11.7 Å². The number of ether oxygens (including phenoxy) is 1. The van der Waals surface area contributed by atoms with Crippen molar-refractivity contribution in [1.29, 1.82) is 0 Å². The SMILES string of the molecule is Cc1ccc2nc(NC(=O)c3cccnc3OC3CCSC3)sc2c1. The number of aromatic nitrogens is 2. The van der Waals surface area contributed by atoms with Crippen molar-refractivity contribution in [3.8, 4) is 5.88 Å². The van der Waals surface area contributed by atoms with Gasteiger partial charge >= 0.3 is 0 Å². The van der Waals surface area contributed by atoms with Crippen molar-refractivity contribution >= 4 is 44.4 Å².